The van der Waals surface area contributed by atoms with Gasteiger partial charge < -0.3 is 4.57 Å². The zero-order valence-electron chi connectivity index (χ0n) is 61.1. The summed E-state index contributed by atoms with van der Waals surface area (Å²) in [4.78, 5) is 61.0. The number of aryl methyl sites for hydroxylation is 19. The van der Waals surface area contributed by atoms with Gasteiger partial charge in [0.15, 0.2) is 0 Å². The molecule has 16 nitrogen and oxygen atoms in total. The lowest BCUT2D eigenvalue weighted by atomic mass is 9.58. The Kier molecular flexibility index (Phi) is 65.6. The number of hydrogen-bond donors (Lipinski definition) is 0. The van der Waals surface area contributed by atoms with Crippen LogP contribution in [-0.4, -0.2) is 101 Å². The largest absolute Gasteiger partial charge is 0.324 e. The van der Waals surface area contributed by atoms with E-state index in [0.29, 0.717) is 0 Å². The van der Waals surface area contributed by atoms with Crippen molar-refractivity contribution in [3.63, 3.8) is 0 Å². The Morgan fingerprint density at radius 3 is 0.607 bits per heavy atom. The molecule has 0 radical (unpaired) electrons. The second-order valence-electron chi connectivity index (χ2n) is 18.7. The van der Waals surface area contributed by atoms with Gasteiger partial charge in [-0.1, -0.05) is 104 Å². The van der Waals surface area contributed by atoms with Crippen molar-refractivity contribution in [1.82, 2.24) is 74.8 Å². The molecule has 0 amide bonds. The molecule has 0 aliphatic rings. The van der Waals surface area contributed by atoms with E-state index in [0.717, 1.165) is 116 Å². The predicted molar refractivity (Wildman–Crippen MR) is 368 cm³/mol. The van der Waals surface area contributed by atoms with Gasteiger partial charge in [0.2, 0.25) is 0 Å². The maximum absolute atomic E-state index is 10.2. The number of hydrogen-bond acceptors (Lipinski definition) is 16. The van der Waals surface area contributed by atoms with Crippen molar-refractivity contribution in [3.8, 4) is 0 Å². The van der Waals surface area contributed by atoms with E-state index in [-0.39, 0.29) is 0 Å². The van der Waals surface area contributed by atoms with Gasteiger partial charge in [0.25, 0.3) is 0 Å². The predicted octanol–water partition coefficient (Wildman–Crippen LogP) is 18.0. The smallest absolute Gasteiger partial charge is 0.130 e. The molecule has 0 aliphatic carbocycles. The number of nitrogens with zero attached hydrogens (tertiary/aromatic N) is 15. The summed E-state index contributed by atoms with van der Waals surface area (Å²) in [6.45, 7) is 77.7. The highest BCUT2D eigenvalue weighted by Crippen LogP contribution is 2.28. The van der Waals surface area contributed by atoms with E-state index in [2.05, 4.69) is 95.2 Å². The molecule has 7 aromatic rings. The lowest BCUT2D eigenvalue weighted by Gasteiger charge is -1.98. The highest BCUT2D eigenvalue weighted by atomic mass is 31.2. The van der Waals surface area contributed by atoms with Gasteiger partial charge in [-0.3, -0.25) is 0 Å². The Bertz CT molecular complexity index is 2330. The molecule has 7 heterocycles. The van der Waals surface area contributed by atoms with Crippen LogP contribution in [0, 0.1) is 145 Å². The number of rotatable bonds is 0. The van der Waals surface area contributed by atoms with E-state index in [1.165, 1.54) is 11.1 Å². The van der Waals surface area contributed by atoms with Crippen LogP contribution in [0.15, 0.2) is 37.2 Å². The van der Waals surface area contributed by atoms with Crippen molar-refractivity contribution in [3.05, 3.63) is 157 Å². The third-order valence-electron chi connectivity index (χ3n) is 9.03. The molecule has 7 rings (SSSR count). The molecule has 0 saturated heterocycles. The topological polar surface area (TPSA) is 210 Å². The van der Waals surface area contributed by atoms with Crippen molar-refractivity contribution in [1.29, 1.82) is 0 Å². The molecule has 0 N–H and O–H groups in total. The summed E-state index contributed by atoms with van der Waals surface area (Å²) in [6, 6.07) is 3.93. The van der Waals surface area contributed by atoms with E-state index >= 15 is 0 Å². The fourth-order valence-corrected chi connectivity index (χ4v) is 5.18. The summed E-state index contributed by atoms with van der Waals surface area (Å²) in [6.07, 6.45) is 6.88. The average molecular weight is 1180 g/mol. The van der Waals surface area contributed by atoms with Gasteiger partial charge in [0.1, 0.15) is 60.1 Å². The fourth-order valence-electron chi connectivity index (χ4n) is 5.18. The van der Waals surface area contributed by atoms with Gasteiger partial charge in [-0.05, 0) is 200 Å². The van der Waals surface area contributed by atoms with E-state index < -0.39 is 7.14 Å². The van der Waals surface area contributed by atoms with E-state index in [1.807, 2.05) is 253 Å². The molecule has 0 spiro atoms. The minimum Gasteiger partial charge on any atom is -0.324 e. The third-order valence-corrected chi connectivity index (χ3v) is 9.03. The van der Waals surface area contributed by atoms with Crippen LogP contribution in [0.3, 0.4) is 0 Å². The SMILES string of the molecule is CB(C)C.CC.CC.CC.CC.CC.CC.CP(C)(C)=O.Cc1cc(C)nc(C)n1.Cc1cc(C)nc(C)n1.Cc1nc(C)nc(C)n1.Cc1ncc(C)c(C)n1.Cc1ncc(C)c(C)n1.Cc1ncnc(C)c1C.Cc1ncnc(C)c1C. The van der Waals surface area contributed by atoms with Crippen molar-refractivity contribution < 1.29 is 4.57 Å². The van der Waals surface area contributed by atoms with Crippen molar-refractivity contribution in [2.45, 2.75) is 249 Å². The molecule has 7 aromatic heterocycles. The quantitative estimate of drug-likeness (QED) is 0.102. The van der Waals surface area contributed by atoms with Crippen LogP contribution in [0.4, 0.5) is 0 Å². The molecular weight excluding hydrogens is 1060 g/mol. The molecule has 0 aromatic carbocycles. The molecule has 0 aliphatic heterocycles. The van der Waals surface area contributed by atoms with Gasteiger partial charge in [-0.25, -0.2) is 74.8 Å². The van der Waals surface area contributed by atoms with Crippen LogP contribution >= 0.6 is 7.14 Å². The Hall–Kier alpha value is -6.22. The highest BCUT2D eigenvalue weighted by molar-refractivity contribution is 7.61. The summed E-state index contributed by atoms with van der Waals surface area (Å²) >= 11 is 0. The normalized spacial score (nSPS) is 8.70. The monoisotopic (exact) mass is 1180 g/mol. The van der Waals surface area contributed by atoms with Crippen LogP contribution in [0.25, 0.3) is 0 Å². The minimum absolute atomic E-state index is 0.792. The first-order valence-corrected chi connectivity index (χ1v) is 33.0. The first-order valence-electron chi connectivity index (χ1n) is 29.9. The van der Waals surface area contributed by atoms with Crippen molar-refractivity contribution in [2.75, 3.05) is 20.0 Å². The van der Waals surface area contributed by atoms with E-state index in [4.69, 9.17) is 0 Å². The first kappa shape index (κ1) is 94.2. The van der Waals surface area contributed by atoms with Gasteiger partial charge in [0.05, 0.1) is 7.14 Å². The minimum atomic E-state index is -1.64. The van der Waals surface area contributed by atoms with Crippen molar-refractivity contribution in [2.24, 2.45) is 0 Å². The van der Waals surface area contributed by atoms with Crippen LogP contribution in [-0.2, 0) is 4.57 Å². The fraction of sp³-hybridized carbons (Fsp3) is 0.591. The van der Waals surface area contributed by atoms with E-state index in [9.17, 15) is 4.57 Å². The first-order chi connectivity index (χ1) is 39.1. The molecule has 84 heavy (non-hydrogen) atoms. The number of aromatic nitrogens is 15. The van der Waals surface area contributed by atoms with E-state index in [1.54, 1.807) is 32.6 Å². The lowest BCUT2D eigenvalue weighted by Crippen LogP contribution is -1.97. The Labute approximate surface area is 516 Å². The van der Waals surface area contributed by atoms with Gasteiger partial charge >= 0.3 is 0 Å². The van der Waals surface area contributed by atoms with Crippen LogP contribution in [0.2, 0.25) is 20.5 Å². The summed E-state index contributed by atoms with van der Waals surface area (Å²) < 4.78 is 10.2. The second-order valence-corrected chi connectivity index (χ2v) is 22.5. The summed E-state index contributed by atoms with van der Waals surface area (Å²) in [5, 5.41) is 0. The Morgan fingerprint density at radius 2 is 0.464 bits per heavy atom. The summed E-state index contributed by atoms with van der Waals surface area (Å²) in [5.41, 5.74) is 15.3. The molecule has 0 bridgehead atoms. The molecule has 0 atom stereocenters. The summed E-state index contributed by atoms with van der Waals surface area (Å²) in [5.74, 6) is 5.77. The van der Waals surface area contributed by atoms with Crippen LogP contribution < -0.4 is 0 Å². The lowest BCUT2D eigenvalue weighted by molar-refractivity contribution is 0.586. The highest BCUT2D eigenvalue weighted by Gasteiger charge is 1.98. The van der Waals surface area contributed by atoms with Gasteiger partial charge in [-0.2, -0.15) is 0 Å². The molecule has 0 unspecified atom stereocenters. The second kappa shape index (κ2) is 58.6. The maximum atomic E-state index is 10.2. The molecule has 0 fully saturated rings. The molecule has 0 saturated carbocycles. The maximum Gasteiger partial charge on any atom is 0.130 e. The zero-order valence-corrected chi connectivity index (χ0v) is 62.0. The molecular formula is C66H123BN15OP. The average Bonchev–Trinajstić information content (AvgIpc) is 3.40. The summed E-state index contributed by atoms with van der Waals surface area (Å²) in [7, 11) is -1.64. The van der Waals surface area contributed by atoms with Crippen LogP contribution in [0.5, 0.6) is 0 Å². The Morgan fingerprint density at radius 1 is 0.286 bits per heavy atom. The zero-order chi connectivity index (χ0) is 68.1. The van der Waals surface area contributed by atoms with Crippen LogP contribution in [0.1, 0.15) is 203 Å². The van der Waals surface area contributed by atoms with Crippen molar-refractivity contribution >= 4 is 13.9 Å². The van der Waals surface area contributed by atoms with Gasteiger partial charge in [0, 0.05) is 69.3 Å². The Balaban J connectivity index is -0.000000127. The standard InChI is InChI=1S/6C7H10N2.C6H9N3.C3H9B.C3H9OP.6C2H6/c2*1-5-6(2)8-4-9-7(5)3;2*1-5-4-8-7(3)9-6(5)2;2*1-5-4-6(2)9-7(3)8-5;1-4-7-5(2)9-6(3)8-4;1-4(2)3;1-5(2,3)4;6*1-2/h6*4H,1-3H3;1-3H3;1-3H3;1-3H3;6*1-2H3. The van der Waals surface area contributed by atoms with Gasteiger partial charge in [-0.15, -0.1) is 0 Å². The molecule has 18 heteroatoms. The third kappa shape index (κ3) is 60.4. The molecule has 476 valence electrons.